The Kier molecular flexibility index (Phi) is 14.7. The fraction of sp³-hybridized carbons (Fsp3) is 0.857. The second-order valence-electron chi connectivity index (χ2n) is 1.64. The third-order valence-electron chi connectivity index (χ3n) is 0.761. The highest BCUT2D eigenvalue weighted by Gasteiger charge is 1.89. The van der Waals surface area contributed by atoms with Crippen LogP contribution in [-0.4, -0.2) is 42.4 Å². The van der Waals surface area contributed by atoms with E-state index in [9.17, 15) is 4.79 Å². The first-order chi connectivity index (χ1) is 5.22. The van der Waals surface area contributed by atoms with E-state index in [1.54, 1.807) is 0 Å². The lowest BCUT2D eigenvalue weighted by Crippen LogP contribution is -2.07. The lowest BCUT2D eigenvalue weighted by atomic mass is 10.5. The van der Waals surface area contributed by atoms with Gasteiger partial charge < -0.3 is 14.9 Å². The van der Waals surface area contributed by atoms with Crippen LogP contribution in [0.5, 0.6) is 0 Å². The molecule has 0 aliphatic rings. The van der Waals surface area contributed by atoms with Crippen molar-refractivity contribution in [1.29, 1.82) is 0 Å². The van der Waals surface area contributed by atoms with Crippen molar-refractivity contribution in [3.05, 3.63) is 0 Å². The van der Waals surface area contributed by atoms with E-state index in [1.165, 1.54) is 0 Å². The predicted molar refractivity (Wildman–Crippen MR) is 41.3 cm³/mol. The van der Waals surface area contributed by atoms with Crippen molar-refractivity contribution >= 4 is 5.78 Å². The molecule has 0 saturated heterocycles. The number of aliphatic hydroxyl groups excluding tert-OH is 2. The standard InChI is InChI=1S/C4H10O.C3H6O3/c1-3-5-4-2;4-1-3(6)2-5/h3-4H2,1-2H3;4-5H,1-2H2. The zero-order chi connectivity index (χ0) is 9.11. The average Bonchev–Trinajstić information content (AvgIpc) is 2.06. The number of ketones is 1. The van der Waals surface area contributed by atoms with Crippen molar-refractivity contribution in [1.82, 2.24) is 0 Å². The maximum atomic E-state index is 9.68. The summed E-state index contributed by atoms with van der Waals surface area (Å²) in [5.41, 5.74) is 0. The quantitative estimate of drug-likeness (QED) is 0.592. The minimum Gasteiger partial charge on any atom is -0.388 e. The van der Waals surface area contributed by atoms with Crippen molar-refractivity contribution in [2.75, 3.05) is 26.4 Å². The Hall–Kier alpha value is -0.450. The van der Waals surface area contributed by atoms with E-state index in [1.807, 2.05) is 13.8 Å². The molecule has 0 radical (unpaired) electrons. The summed E-state index contributed by atoms with van der Waals surface area (Å²) in [5, 5.41) is 15.7. The van der Waals surface area contributed by atoms with E-state index < -0.39 is 19.0 Å². The van der Waals surface area contributed by atoms with Crippen LogP contribution in [0.1, 0.15) is 13.8 Å². The summed E-state index contributed by atoms with van der Waals surface area (Å²) in [6.07, 6.45) is 0. The summed E-state index contributed by atoms with van der Waals surface area (Å²) < 4.78 is 4.83. The van der Waals surface area contributed by atoms with Crippen molar-refractivity contribution in [2.24, 2.45) is 0 Å². The minimum absolute atomic E-state index is 0.546. The molecule has 68 valence electrons. The predicted octanol–water partition coefficient (Wildman–Crippen LogP) is -0.417. The molecule has 0 aliphatic carbocycles. The molecule has 0 aromatic heterocycles. The molecule has 0 amide bonds. The smallest absolute Gasteiger partial charge is 0.183 e. The van der Waals surface area contributed by atoms with Gasteiger partial charge >= 0.3 is 0 Å². The van der Waals surface area contributed by atoms with Gasteiger partial charge in [-0.2, -0.15) is 0 Å². The third kappa shape index (κ3) is 17.7. The third-order valence-corrected chi connectivity index (χ3v) is 0.761. The molecule has 0 unspecified atom stereocenters. The highest BCUT2D eigenvalue weighted by atomic mass is 16.5. The Labute approximate surface area is 66.8 Å². The van der Waals surface area contributed by atoms with Crippen LogP contribution >= 0.6 is 0 Å². The average molecular weight is 164 g/mol. The molecule has 11 heavy (non-hydrogen) atoms. The Balaban J connectivity index is 0. The van der Waals surface area contributed by atoms with E-state index in [2.05, 4.69) is 0 Å². The molecule has 0 fully saturated rings. The van der Waals surface area contributed by atoms with Crippen molar-refractivity contribution in [3.8, 4) is 0 Å². The van der Waals surface area contributed by atoms with Crippen LogP contribution in [0.15, 0.2) is 0 Å². The van der Waals surface area contributed by atoms with Gasteiger partial charge in [-0.25, -0.2) is 0 Å². The first-order valence-electron chi connectivity index (χ1n) is 3.54. The Bertz CT molecular complexity index is 74.5. The molecule has 0 atom stereocenters. The van der Waals surface area contributed by atoms with Gasteiger partial charge in [0.1, 0.15) is 13.2 Å². The van der Waals surface area contributed by atoms with Crippen LogP contribution in [0.4, 0.5) is 0 Å². The topological polar surface area (TPSA) is 66.8 Å². The van der Waals surface area contributed by atoms with E-state index in [0.29, 0.717) is 0 Å². The molecule has 4 heteroatoms. The Morgan fingerprint density at radius 3 is 1.55 bits per heavy atom. The number of aliphatic hydroxyl groups is 2. The van der Waals surface area contributed by atoms with E-state index in [0.717, 1.165) is 13.2 Å². The monoisotopic (exact) mass is 164 g/mol. The van der Waals surface area contributed by atoms with Gasteiger partial charge in [-0.05, 0) is 13.8 Å². The Morgan fingerprint density at radius 2 is 1.55 bits per heavy atom. The molecule has 0 rings (SSSR count). The van der Waals surface area contributed by atoms with Gasteiger partial charge in [0.2, 0.25) is 0 Å². The molecular weight excluding hydrogens is 148 g/mol. The molecule has 0 saturated carbocycles. The molecule has 0 aliphatic heterocycles. The molecule has 2 N–H and O–H groups in total. The van der Waals surface area contributed by atoms with Gasteiger partial charge in [0.05, 0.1) is 0 Å². The molecule has 0 spiro atoms. The second-order valence-corrected chi connectivity index (χ2v) is 1.64. The molecule has 0 aromatic carbocycles. The maximum Gasteiger partial charge on any atom is 0.183 e. The first kappa shape index (κ1) is 13.2. The number of carbonyl (C=O) groups excluding carboxylic acids is 1. The van der Waals surface area contributed by atoms with Crippen LogP contribution in [0, 0.1) is 0 Å². The molecule has 4 nitrogen and oxygen atoms in total. The van der Waals surface area contributed by atoms with Gasteiger partial charge in [0, 0.05) is 13.2 Å². The summed E-state index contributed by atoms with van der Waals surface area (Å²) in [6, 6.07) is 0. The number of carbonyl (C=O) groups is 1. The van der Waals surface area contributed by atoms with Gasteiger partial charge in [0.15, 0.2) is 5.78 Å². The summed E-state index contributed by atoms with van der Waals surface area (Å²) in [7, 11) is 0. The normalized spacial score (nSPS) is 8.36. The molecule has 0 heterocycles. The number of ether oxygens (including phenoxy) is 1. The minimum atomic E-state index is -0.559. The van der Waals surface area contributed by atoms with Gasteiger partial charge in [0.25, 0.3) is 0 Å². The lowest BCUT2D eigenvalue weighted by molar-refractivity contribution is -0.124. The summed E-state index contributed by atoms with van der Waals surface area (Å²) >= 11 is 0. The highest BCUT2D eigenvalue weighted by Crippen LogP contribution is 1.64. The van der Waals surface area contributed by atoms with Crippen LogP contribution in [0.2, 0.25) is 0 Å². The number of hydrogen-bond donors (Lipinski definition) is 2. The first-order valence-corrected chi connectivity index (χ1v) is 3.54. The summed E-state index contributed by atoms with van der Waals surface area (Å²) in [6.45, 7) is 4.55. The number of rotatable bonds is 4. The van der Waals surface area contributed by atoms with Gasteiger partial charge in [-0.1, -0.05) is 0 Å². The zero-order valence-electron chi connectivity index (χ0n) is 7.04. The maximum absolute atomic E-state index is 9.68. The zero-order valence-corrected chi connectivity index (χ0v) is 7.04. The summed E-state index contributed by atoms with van der Waals surface area (Å²) in [4.78, 5) is 9.68. The fourth-order valence-electron chi connectivity index (χ4n) is 0.254. The van der Waals surface area contributed by atoms with Crippen molar-refractivity contribution in [2.45, 2.75) is 13.8 Å². The lowest BCUT2D eigenvalue weighted by Gasteiger charge is -1.86. The summed E-state index contributed by atoms with van der Waals surface area (Å²) in [5.74, 6) is -0.546. The second kappa shape index (κ2) is 12.2. The van der Waals surface area contributed by atoms with Crippen LogP contribution in [0.25, 0.3) is 0 Å². The van der Waals surface area contributed by atoms with Crippen molar-refractivity contribution in [3.63, 3.8) is 0 Å². The van der Waals surface area contributed by atoms with Gasteiger partial charge in [-0.3, -0.25) is 4.79 Å². The van der Waals surface area contributed by atoms with E-state index >= 15 is 0 Å². The van der Waals surface area contributed by atoms with Crippen LogP contribution in [-0.2, 0) is 9.53 Å². The number of hydrogen-bond acceptors (Lipinski definition) is 4. The molecule has 0 aromatic rings. The highest BCUT2D eigenvalue weighted by molar-refractivity contribution is 5.80. The van der Waals surface area contributed by atoms with Crippen molar-refractivity contribution < 1.29 is 19.7 Å². The largest absolute Gasteiger partial charge is 0.388 e. The SMILES string of the molecule is CCOCC.O=C(CO)CO. The molecular formula is C7H16O4. The Morgan fingerprint density at radius 1 is 1.18 bits per heavy atom. The van der Waals surface area contributed by atoms with Crippen LogP contribution in [0.3, 0.4) is 0 Å². The van der Waals surface area contributed by atoms with E-state index in [-0.39, 0.29) is 0 Å². The molecule has 0 bridgehead atoms. The number of Topliss-reactive ketones (excluding diaryl/α,β-unsaturated/α-hetero) is 1. The van der Waals surface area contributed by atoms with Crippen LogP contribution < -0.4 is 0 Å². The fourth-order valence-corrected chi connectivity index (χ4v) is 0.254. The van der Waals surface area contributed by atoms with E-state index in [4.69, 9.17) is 14.9 Å². The van der Waals surface area contributed by atoms with Gasteiger partial charge in [-0.15, -0.1) is 0 Å².